The smallest absolute Gasteiger partial charge is 0.231 e. The highest BCUT2D eigenvalue weighted by atomic mass is 16.7. The zero-order chi connectivity index (χ0) is 13.4. The maximum absolute atomic E-state index is 9.22. The molecule has 0 aliphatic carbocycles. The van der Waals surface area contributed by atoms with E-state index in [1.165, 1.54) is 0 Å². The average molecular weight is 253 g/mol. The van der Waals surface area contributed by atoms with Crippen LogP contribution in [-0.2, 0) is 0 Å². The van der Waals surface area contributed by atoms with Gasteiger partial charge in [0.2, 0.25) is 6.79 Å². The molecular formula is C14H11N3O2. The van der Waals surface area contributed by atoms with Crippen LogP contribution >= 0.6 is 0 Å². The summed E-state index contributed by atoms with van der Waals surface area (Å²) in [6.45, 7) is 2.06. The molecule has 3 rings (SSSR count). The number of pyridine rings is 1. The lowest BCUT2D eigenvalue weighted by Crippen LogP contribution is -1.99. The molecule has 2 aromatic rings. The topological polar surface area (TPSA) is 81.2 Å². The number of hydrogen-bond acceptors (Lipinski definition) is 5. The molecule has 2 N–H and O–H groups in total. The highest BCUT2D eigenvalue weighted by Crippen LogP contribution is 2.37. The lowest BCUT2D eigenvalue weighted by atomic mass is 10.00. The number of nitrogens with two attached hydrogens (primary N) is 1. The van der Waals surface area contributed by atoms with E-state index in [4.69, 9.17) is 15.2 Å². The number of aromatic nitrogens is 1. The highest BCUT2D eigenvalue weighted by Gasteiger charge is 2.16. The summed E-state index contributed by atoms with van der Waals surface area (Å²) in [5, 5.41) is 9.22. The van der Waals surface area contributed by atoms with Crippen molar-refractivity contribution in [1.29, 1.82) is 5.26 Å². The van der Waals surface area contributed by atoms with E-state index in [1.807, 2.05) is 31.2 Å². The van der Waals surface area contributed by atoms with Gasteiger partial charge in [0.1, 0.15) is 17.5 Å². The summed E-state index contributed by atoms with van der Waals surface area (Å²) in [4.78, 5) is 4.10. The van der Waals surface area contributed by atoms with Crippen molar-refractivity contribution in [1.82, 2.24) is 4.98 Å². The molecule has 0 atom stereocenters. The van der Waals surface area contributed by atoms with E-state index in [0.29, 0.717) is 17.1 Å². The van der Waals surface area contributed by atoms with Crippen molar-refractivity contribution >= 4 is 5.82 Å². The Bertz CT molecular complexity index is 705. The second-order valence-electron chi connectivity index (χ2n) is 4.25. The molecule has 1 aromatic heterocycles. The Hall–Kier alpha value is -2.74. The number of ether oxygens (including phenoxy) is 2. The van der Waals surface area contributed by atoms with Crippen molar-refractivity contribution in [2.75, 3.05) is 12.5 Å². The summed E-state index contributed by atoms with van der Waals surface area (Å²) in [6.07, 6.45) is 0. The number of fused-ring (bicyclic) bond motifs is 1. The first-order valence-electron chi connectivity index (χ1n) is 5.76. The minimum atomic E-state index is 0.224. The van der Waals surface area contributed by atoms with Gasteiger partial charge in [0.15, 0.2) is 11.5 Å². The van der Waals surface area contributed by atoms with Gasteiger partial charge in [-0.25, -0.2) is 4.98 Å². The van der Waals surface area contributed by atoms with Crippen LogP contribution in [0.1, 0.15) is 11.3 Å². The molecule has 94 valence electrons. The normalized spacial score (nSPS) is 12.2. The summed E-state index contributed by atoms with van der Waals surface area (Å²) < 4.78 is 10.6. The van der Waals surface area contributed by atoms with E-state index in [0.717, 1.165) is 16.8 Å². The Morgan fingerprint density at radius 1 is 1.26 bits per heavy atom. The minimum Gasteiger partial charge on any atom is -0.454 e. The Morgan fingerprint density at radius 3 is 2.84 bits per heavy atom. The molecular weight excluding hydrogens is 242 g/mol. The SMILES string of the molecule is Cc1cc(-c2ccc3c(c2)OCO3)c(C#N)c(N)n1. The molecule has 5 nitrogen and oxygen atoms in total. The van der Waals surface area contributed by atoms with Gasteiger partial charge in [0, 0.05) is 11.3 Å². The molecule has 1 aliphatic heterocycles. The summed E-state index contributed by atoms with van der Waals surface area (Å²) >= 11 is 0. The Labute approximate surface area is 110 Å². The van der Waals surface area contributed by atoms with Gasteiger partial charge in [-0.2, -0.15) is 5.26 Å². The predicted molar refractivity (Wildman–Crippen MR) is 69.7 cm³/mol. The van der Waals surface area contributed by atoms with Crippen LogP contribution in [0.15, 0.2) is 24.3 Å². The van der Waals surface area contributed by atoms with Crippen LogP contribution in [-0.4, -0.2) is 11.8 Å². The van der Waals surface area contributed by atoms with Crippen LogP contribution in [0.4, 0.5) is 5.82 Å². The van der Waals surface area contributed by atoms with Crippen molar-refractivity contribution in [3.8, 4) is 28.7 Å². The van der Waals surface area contributed by atoms with Crippen LogP contribution in [0, 0.1) is 18.3 Å². The lowest BCUT2D eigenvalue weighted by Gasteiger charge is -2.08. The monoisotopic (exact) mass is 253 g/mol. The molecule has 0 unspecified atom stereocenters. The third-order valence-corrected chi connectivity index (χ3v) is 2.97. The molecule has 0 spiro atoms. The van der Waals surface area contributed by atoms with Gasteiger partial charge in [-0.05, 0) is 30.7 Å². The van der Waals surface area contributed by atoms with E-state index in [1.54, 1.807) is 0 Å². The van der Waals surface area contributed by atoms with Crippen molar-refractivity contribution < 1.29 is 9.47 Å². The number of aryl methyl sites for hydroxylation is 1. The summed E-state index contributed by atoms with van der Waals surface area (Å²) in [7, 11) is 0. The first-order chi connectivity index (χ1) is 9.19. The third-order valence-electron chi connectivity index (χ3n) is 2.97. The van der Waals surface area contributed by atoms with Crippen molar-refractivity contribution in [3.63, 3.8) is 0 Å². The van der Waals surface area contributed by atoms with Crippen LogP contribution < -0.4 is 15.2 Å². The van der Waals surface area contributed by atoms with Gasteiger partial charge in [-0.1, -0.05) is 6.07 Å². The minimum absolute atomic E-state index is 0.224. The van der Waals surface area contributed by atoms with Gasteiger partial charge in [0.25, 0.3) is 0 Å². The number of anilines is 1. The molecule has 1 aromatic carbocycles. The summed E-state index contributed by atoms with van der Waals surface area (Å²) in [5.41, 5.74) is 8.55. The van der Waals surface area contributed by atoms with Crippen LogP contribution in [0.5, 0.6) is 11.5 Å². The predicted octanol–water partition coefficient (Wildman–Crippen LogP) is 2.24. The number of nitrogens with zero attached hydrogens (tertiary/aromatic N) is 2. The van der Waals surface area contributed by atoms with Crippen molar-refractivity contribution in [2.24, 2.45) is 0 Å². The molecule has 1 aliphatic rings. The quantitative estimate of drug-likeness (QED) is 0.842. The first-order valence-corrected chi connectivity index (χ1v) is 5.76. The second kappa shape index (κ2) is 4.18. The molecule has 19 heavy (non-hydrogen) atoms. The van der Waals surface area contributed by atoms with E-state index in [-0.39, 0.29) is 12.6 Å². The van der Waals surface area contributed by atoms with Gasteiger partial charge in [-0.3, -0.25) is 0 Å². The zero-order valence-electron chi connectivity index (χ0n) is 10.3. The number of nitrogen functional groups attached to an aromatic ring is 1. The average Bonchev–Trinajstić information content (AvgIpc) is 2.85. The maximum atomic E-state index is 9.22. The van der Waals surface area contributed by atoms with E-state index < -0.39 is 0 Å². The van der Waals surface area contributed by atoms with Gasteiger partial charge >= 0.3 is 0 Å². The molecule has 2 heterocycles. The number of rotatable bonds is 1. The number of hydrogen-bond donors (Lipinski definition) is 1. The second-order valence-corrected chi connectivity index (χ2v) is 4.25. The zero-order valence-corrected chi connectivity index (χ0v) is 10.3. The van der Waals surface area contributed by atoms with E-state index in [9.17, 15) is 5.26 Å². The first kappa shape index (κ1) is 11.4. The van der Waals surface area contributed by atoms with Crippen LogP contribution in [0.25, 0.3) is 11.1 Å². The summed E-state index contributed by atoms with van der Waals surface area (Å²) in [6, 6.07) is 9.48. The van der Waals surface area contributed by atoms with Crippen molar-refractivity contribution in [3.05, 3.63) is 35.5 Å². The third kappa shape index (κ3) is 1.83. The maximum Gasteiger partial charge on any atom is 0.231 e. The number of nitriles is 1. The molecule has 0 fully saturated rings. The van der Waals surface area contributed by atoms with E-state index >= 15 is 0 Å². The Morgan fingerprint density at radius 2 is 2.05 bits per heavy atom. The molecule has 0 amide bonds. The van der Waals surface area contributed by atoms with Crippen molar-refractivity contribution in [2.45, 2.75) is 6.92 Å². The fourth-order valence-electron chi connectivity index (χ4n) is 2.11. The largest absolute Gasteiger partial charge is 0.454 e. The van der Waals surface area contributed by atoms with Gasteiger partial charge in [-0.15, -0.1) is 0 Å². The molecule has 0 radical (unpaired) electrons. The fraction of sp³-hybridized carbons (Fsp3) is 0.143. The molecule has 0 saturated heterocycles. The van der Waals surface area contributed by atoms with Crippen LogP contribution in [0.3, 0.4) is 0 Å². The van der Waals surface area contributed by atoms with Gasteiger partial charge in [0.05, 0.1) is 0 Å². The number of benzene rings is 1. The molecule has 0 bridgehead atoms. The highest BCUT2D eigenvalue weighted by molar-refractivity contribution is 5.77. The fourth-order valence-corrected chi connectivity index (χ4v) is 2.11. The van der Waals surface area contributed by atoms with Gasteiger partial charge < -0.3 is 15.2 Å². The standard InChI is InChI=1S/C14H11N3O2/c1-8-4-10(11(6-15)14(16)17-8)9-2-3-12-13(5-9)19-7-18-12/h2-5H,7H2,1H3,(H2,16,17). The summed E-state index contributed by atoms with van der Waals surface area (Å²) in [5.74, 6) is 1.63. The molecule has 0 saturated carbocycles. The van der Waals surface area contributed by atoms with Crippen LogP contribution in [0.2, 0.25) is 0 Å². The lowest BCUT2D eigenvalue weighted by molar-refractivity contribution is 0.174. The van der Waals surface area contributed by atoms with E-state index in [2.05, 4.69) is 11.1 Å². The Kier molecular flexibility index (Phi) is 2.50. The Balaban J connectivity index is 2.20. The molecule has 5 heteroatoms.